The molecular weight excluding hydrogens is 272 g/mol. The lowest BCUT2D eigenvalue weighted by Crippen LogP contribution is -2.26. The summed E-state index contributed by atoms with van der Waals surface area (Å²) in [5.74, 6) is 5.99. The lowest BCUT2D eigenvalue weighted by molar-refractivity contribution is 0.0953. The van der Waals surface area contributed by atoms with Gasteiger partial charge in [0.2, 0.25) is 5.89 Å². The summed E-state index contributed by atoms with van der Waals surface area (Å²) in [6, 6.07) is 1.61. The molecule has 2 N–H and O–H groups in total. The molecule has 2 aromatic rings. The monoisotopic (exact) mass is 286 g/mol. The molecule has 0 fully saturated rings. The zero-order valence-corrected chi connectivity index (χ0v) is 11.5. The first-order valence-corrected chi connectivity index (χ1v) is 6.31. The Morgan fingerprint density at radius 3 is 3.05 bits per heavy atom. The van der Waals surface area contributed by atoms with Gasteiger partial charge in [0.25, 0.3) is 5.91 Å². The van der Waals surface area contributed by atoms with E-state index in [0.717, 1.165) is 0 Å². The third-order valence-corrected chi connectivity index (χ3v) is 2.51. The van der Waals surface area contributed by atoms with E-state index in [1.54, 1.807) is 13.0 Å². The van der Waals surface area contributed by atoms with E-state index >= 15 is 0 Å². The lowest BCUT2D eigenvalue weighted by Gasteiger charge is -2.03. The van der Waals surface area contributed by atoms with Crippen molar-refractivity contribution >= 4 is 5.91 Å². The molecule has 21 heavy (non-hydrogen) atoms. The van der Waals surface area contributed by atoms with Gasteiger partial charge in [0.15, 0.2) is 5.82 Å². The molecule has 0 aliphatic heterocycles. The van der Waals surface area contributed by atoms with E-state index in [0.29, 0.717) is 35.8 Å². The summed E-state index contributed by atoms with van der Waals surface area (Å²) in [5, 5.41) is 15.0. The van der Waals surface area contributed by atoms with Crippen molar-refractivity contribution in [2.24, 2.45) is 0 Å². The minimum Gasteiger partial charge on any atom is -0.384 e. The molecule has 108 valence electrons. The fraction of sp³-hybridized carbons (Fsp3) is 0.286. The second-order valence-electron chi connectivity index (χ2n) is 4.16. The molecule has 0 radical (unpaired) electrons. The van der Waals surface area contributed by atoms with E-state index in [4.69, 9.17) is 9.63 Å². The molecule has 0 saturated carbocycles. The third-order valence-electron chi connectivity index (χ3n) is 2.51. The highest BCUT2D eigenvalue weighted by Crippen LogP contribution is 2.02. The predicted molar refractivity (Wildman–Crippen MR) is 73.3 cm³/mol. The van der Waals surface area contributed by atoms with Gasteiger partial charge in [0, 0.05) is 30.9 Å². The number of aryl methyl sites for hydroxylation is 1. The molecule has 0 aromatic carbocycles. The highest BCUT2D eigenvalue weighted by molar-refractivity contribution is 5.94. The topological polar surface area (TPSA) is 101 Å². The van der Waals surface area contributed by atoms with Gasteiger partial charge in [-0.05, 0) is 13.0 Å². The molecule has 0 atom stereocenters. The van der Waals surface area contributed by atoms with Crippen molar-refractivity contribution in [1.82, 2.24) is 20.4 Å². The largest absolute Gasteiger partial charge is 0.384 e. The Morgan fingerprint density at radius 1 is 1.48 bits per heavy atom. The van der Waals surface area contributed by atoms with Crippen molar-refractivity contribution in [2.45, 2.75) is 13.3 Å². The number of aliphatic hydroxyl groups excluding tert-OH is 1. The van der Waals surface area contributed by atoms with Crippen molar-refractivity contribution in [3.63, 3.8) is 0 Å². The van der Waals surface area contributed by atoms with Gasteiger partial charge in [-0.2, -0.15) is 4.98 Å². The Morgan fingerprint density at radius 2 is 2.33 bits per heavy atom. The van der Waals surface area contributed by atoms with Gasteiger partial charge in [0.05, 0.1) is 5.56 Å². The van der Waals surface area contributed by atoms with Gasteiger partial charge < -0.3 is 14.9 Å². The predicted octanol–water partition coefficient (Wildman–Crippen LogP) is 0.0893. The van der Waals surface area contributed by atoms with E-state index in [9.17, 15) is 4.79 Å². The van der Waals surface area contributed by atoms with Gasteiger partial charge in [0.1, 0.15) is 6.61 Å². The molecule has 7 nitrogen and oxygen atoms in total. The van der Waals surface area contributed by atoms with Crippen LogP contribution in [0.5, 0.6) is 0 Å². The smallest absolute Gasteiger partial charge is 0.252 e. The number of aliphatic hydroxyl groups is 1. The number of carbonyl (C=O) groups is 1. The van der Waals surface area contributed by atoms with Gasteiger partial charge in [-0.1, -0.05) is 17.0 Å². The molecule has 0 spiro atoms. The van der Waals surface area contributed by atoms with E-state index in [1.165, 1.54) is 12.4 Å². The maximum atomic E-state index is 12.0. The number of aromatic nitrogens is 3. The van der Waals surface area contributed by atoms with Crippen LogP contribution in [0, 0.1) is 18.8 Å². The number of nitrogens with zero attached hydrogens (tertiary/aromatic N) is 3. The summed E-state index contributed by atoms with van der Waals surface area (Å²) in [6.45, 7) is 1.88. The van der Waals surface area contributed by atoms with Crippen molar-refractivity contribution in [3.8, 4) is 11.8 Å². The molecule has 0 bridgehead atoms. The molecule has 2 rings (SSSR count). The summed E-state index contributed by atoms with van der Waals surface area (Å²) in [6.07, 6.45) is 3.45. The average molecular weight is 286 g/mol. The molecule has 0 aliphatic rings. The van der Waals surface area contributed by atoms with Crippen molar-refractivity contribution in [2.75, 3.05) is 13.2 Å². The molecule has 7 heteroatoms. The second kappa shape index (κ2) is 7.17. The minimum absolute atomic E-state index is 0.236. The van der Waals surface area contributed by atoms with Crippen LogP contribution >= 0.6 is 0 Å². The van der Waals surface area contributed by atoms with Gasteiger partial charge in [-0.25, -0.2) is 0 Å². The summed E-state index contributed by atoms with van der Waals surface area (Å²) in [4.78, 5) is 19.9. The molecule has 2 aromatic heterocycles. The Balaban J connectivity index is 1.91. The average Bonchev–Trinajstić information content (AvgIpc) is 2.91. The number of amides is 1. The number of rotatable bonds is 4. The zero-order chi connectivity index (χ0) is 15.1. The van der Waals surface area contributed by atoms with Crippen LogP contribution in [-0.4, -0.2) is 39.3 Å². The summed E-state index contributed by atoms with van der Waals surface area (Å²) in [5.41, 5.74) is 0.977. The number of pyridine rings is 1. The van der Waals surface area contributed by atoms with Crippen LogP contribution in [0.25, 0.3) is 0 Å². The Hall–Kier alpha value is -2.72. The summed E-state index contributed by atoms with van der Waals surface area (Å²) < 4.78 is 4.95. The van der Waals surface area contributed by atoms with Crippen molar-refractivity contribution in [3.05, 3.63) is 41.3 Å². The number of nitrogens with one attached hydrogen (secondary N) is 1. The normalized spacial score (nSPS) is 9.81. The minimum atomic E-state index is -0.258. The SMILES string of the molecule is Cc1noc(CCNC(=O)c2cncc(C#CCO)c2)n1. The highest BCUT2D eigenvalue weighted by Gasteiger charge is 2.07. The van der Waals surface area contributed by atoms with Crippen LogP contribution in [0.3, 0.4) is 0 Å². The Kier molecular flexibility index (Phi) is 5.01. The zero-order valence-electron chi connectivity index (χ0n) is 11.5. The van der Waals surface area contributed by atoms with Crippen LogP contribution in [0.15, 0.2) is 23.0 Å². The summed E-state index contributed by atoms with van der Waals surface area (Å²) >= 11 is 0. The van der Waals surface area contributed by atoms with Crippen molar-refractivity contribution < 1.29 is 14.4 Å². The van der Waals surface area contributed by atoms with Gasteiger partial charge >= 0.3 is 0 Å². The van der Waals surface area contributed by atoms with Gasteiger partial charge in [-0.15, -0.1) is 0 Å². The molecule has 2 heterocycles. The second-order valence-corrected chi connectivity index (χ2v) is 4.16. The number of hydrogen-bond acceptors (Lipinski definition) is 6. The van der Waals surface area contributed by atoms with Crippen LogP contribution in [-0.2, 0) is 6.42 Å². The first-order valence-electron chi connectivity index (χ1n) is 6.31. The van der Waals surface area contributed by atoms with Crippen LogP contribution in [0.4, 0.5) is 0 Å². The van der Waals surface area contributed by atoms with Crippen LogP contribution in [0.1, 0.15) is 27.6 Å². The van der Waals surface area contributed by atoms with Gasteiger partial charge in [-0.3, -0.25) is 9.78 Å². The van der Waals surface area contributed by atoms with E-state index in [1.807, 2.05) is 0 Å². The fourth-order valence-corrected chi connectivity index (χ4v) is 1.60. The van der Waals surface area contributed by atoms with Crippen LogP contribution < -0.4 is 5.32 Å². The van der Waals surface area contributed by atoms with E-state index in [-0.39, 0.29) is 12.5 Å². The maximum Gasteiger partial charge on any atom is 0.252 e. The number of carbonyl (C=O) groups excluding carboxylic acids is 1. The van der Waals surface area contributed by atoms with E-state index < -0.39 is 0 Å². The highest BCUT2D eigenvalue weighted by atomic mass is 16.5. The van der Waals surface area contributed by atoms with E-state index in [2.05, 4.69) is 32.3 Å². The molecular formula is C14H14N4O3. The first-order chi connectivity index (χ1) is 10.2. The molecule has 0 saturated heterocycles. The van der Waals surface area contributed by atoms with Crippen molar-refractivity contribution in [1.29, 1.82) is 0 Å². The quantitative estimate of drug-likeness (QED) is 0.772. The fourth-order valence-electron chi connectivity index (χ4n) is 1.60. The lowest BCUT2D eigenvalue weighted by atomic mass is 10.2. The Labute approximate surface area is 121 Å². The standard InChI is InChI=1S/C14H14N4O3/c1-10-17-13(21-18-10)4-5-16-14(20)12-7-11(3-2-6-19)8-15-9-12/h7-9,19H,4-6H2,1H3,(H,16,20). The molecule has 1 amide bonds. The molecule has 0 unspecified atom stereocenters. The third kappa shape index (κ3) is 4.40. The van der Waals surface area contributed by atoms with Crippen LogP contribution in [0.2, 0.25) is 0 Å². The first kappa shape index (κ1) is 14.7. The summed E-state index contributed by atoms with van der Waals surface area (Å²) in [7, 11) is 0. The molecule has 0 aliphatic carbocycles. The Bertz CT molecular complexity index is 685. The number of hydrogen-bond donors (Lipinski definition) is 2. The maximum absolute atomic E-state index is 12.0.